The lowest BCUT2D eigenvalue weighted by atomic mass is 10.0. The SMILES string of the molecule is COc1ccc(C(=N)c2c(N)ncnc2NC(C)C2Nc3cccc(Cl)c3C(=O)N2c2ccccc2)c(F)c1F. The first-order valence-corrected chi connectivity index (χ1v) is 12.5. The van der Waals surface area contributed by atoms with Gasteiger partial charge in [-0.05, 0) is 43.3 Å². The van der Waals surface area contributed by atoms with Gasteiger partial charge in [0.05, 0.1) is 40.7 Å². The normalized spacial score (nSPS) is 15.2. The quantitative estimate of drug-likeness (QED) is 0.224. The van der Waals surface area contributed by atoms with Gasteiger partial charge in [0.2, 0.25) is 5.82 Å². The number of fused-ring (bicyclic) bond motifs is 1. The number of carbonyl (C=O) groups excluding carboxylic acids is 1. The van der Waals surface area contributed by atoms with Crippen LogP contribution in [0.25, 0.3) is 0 Å². The topological polar surface area (TPSA) is 129 Å². The van der Waals surface area contributed by atoms with E-state index in [1.807, 2.05) is 18.2 Å². The molecule has 40 heavy (non-hydrogen) atoms. The number of rotatable bonds is 7. The van der Waals surface area contributed by atoms with Crippen LogP contribution >= 0.6 is 11.6 Å². The molecule has 0 saturated heterocycles. The smallest absolute Gasteiger partial charge is 0.263 e. The molecule has 2 heterocycles. The summed E-state index contributed by atoms with van der Waals surface area (Å²) in [5.41, 5.74) is 6.80. The Kier molecular flexibility index (Phi) is 7.22. The van der Waals surface area contributed by atoms with E-state index in [4.69, 9.17) is 27.5 Å². The molecule has 5 rings (SSSR count). The van der Waals surface area contributed by atoms with Gasteiger partial charge in [-0.1, -0.05) is 35.9 Å². The number of hydrogen-bond acceptors (Lipinski definition) is 8. The molecule has 3 aromatic carbocycles. The molecule has 1 aliphatic heterocycles. The van der Waals surface area contributed by atoms with Crippen LogP contribution in [0.4, 0.5) is 31.8 Å². The van der Waals surface area contributed by atoms with Crippen molar-refractivity contribution in [3.63, 3.8) is 0 Å². The van der Waals surface area contributed by atoms with Crippen molar-refractivity contribution in [1.82, 2.24) is 9.97 Å². The van der Waals surface area contributed by atoms with Crippen LogP contribution in [0.3, 0.4) is 0 Å². The number of nitrogen functional groups attached to an aromatic ring is 1. The number of aromatic nitrogens is 2. The van der Waals surface area contributed by atoms with Crippen LogP contribution in [-0.2, 0) is 0 Å². The fourth-order valence-corrected chi connectivity index (χ4v) is 4.87. The van der Waals surface area contributed by atoms with Crippen LogP contribution in [0.2, 0.25) is 5.02 Å². The Hall–Kier alpha value is -4.77. The zero-order chi connectivity index (χ0) is 28.6. The Bertz CT molecular complexity index is 1620. The largest absolute Gasteiger partial charge is 0.494 e. The lowest BCUT2D eigenvalue weighted by Crippen LogP contribution is -2.56. The molecule has 1 amide bonds. The predicted molar refractivity (Wildman–Crippen MR) is 150 cm³/mol. The minimum absolute atomic E-state index is 0.0327. The summed E-state index contributed by atoms with van der Waals surface area (Å²) in [7, 11) is 1.21. The third-order valence-corrected chi connectivity index (χ3v) is 6.88. The summed E-state index contributed by atoms with van der Waals surface area (Å²) in [6.07, 6.45) is 0.532. The summed E-state index contributed by atoms with van der Waals surface area (Å²) in [4.78, 5) is 23.5. The Morgan fingerprint density at radius 2 is 1.88 bits per heavy atom. The van der Waals surface area contributed by atoms with Gasteiger partial charge in [0.15, 0.2) is 11.6 Å². The number of carbonyl (C=O) groups is 1. The average Bonchev–Trinajstić information content (AvgIpc) is 2.94. The monoisotopic (exact) mass is 563 g/mol. The van der Waals surface area contributed by atoms with Crippen molar-refractivity contribution in [2.24, 2.45) is 0 Å². The standard InChI is InChI=1S/C28H24ClF2N7O2/c1-14(27-37-18-10-6-9-17(29)20(18)28(39)38(27)15-7-4-3-5-8-15)36-26-21(25(33)34-13-35-26)24(32)16-11-12-19(40-2)23(31)22(16)30/h3-14,27,32,37H,1-2H3,(H3,33,34,35,36). The summed E-state index contributed by atoms with van der Waals surface area (Å²) in [5.74, 6) is -3.13. The van der Waals surface area contributed by atoms with Crippen molar-refractivity contribution < 1.29 is 18.3 Å². The average molecular weight is 564 g/mol. The molecule has 0 aliphatic carbocycles. The summed E-state index contributed by atoms with van der Waals surface area (Å²) in [6, 6.07) is 16.1. The van der Waals surface area contributed by atoms with Crippen molar-refractivity contribution in [3.8, 4) is 5.75 Å². The van der Waals surface area contributed by atoms with Crippen molar-refractivity contribution in [2.75, 3.05) is 28.4 Å². The Balaban J connectivity index is 1.54. The van der Waals surface area contributed by atoms with Crippen molar-refractivity contribution in [2.45, 2.75) is 19.1 Å². The highest BCUT2D eigenvalue weighted by Gasteiger charge is 2.38. The zero-order valence-corrected chi connectivity index (χ0v) is 22.1. The Labute approximate surface area is 233 Å². The van der Waals surface area contributed by atoms with Gasteiger partial charge in [0.1, 0.15) is 24.1 Å². The molecule has 0 fully saturated rings. The molecular weight excluding hydrogens is 540 g/mol. The molecule has 0 spiro atoms. The maximum absolute atomic E-state index is 14.9. The minimum Gasteiger partial charge on any atom is -0.494 e. The first-order chi connectivity index (χ1) is 19.2. The molecule has 1 aromatic heterocycles. The highest BCUT2D eigenvalue weighted by atomic mass is 35.5. The number of nitrogens with two attached hydrogens (primary N) is 1. The molecule has 0 radical (unpaired) electrons. The van der Waals surface area contributed by atoms with E-state index in [1.165, 1.54) is 25.6 Å². The van der Waals surface area contributed by atoms with Crippen LogP contribution in [0.1, 0.15) is 28.4 Å². The van der Waals surface area contributed by atoms with Crippen LogP contribution in [0.15, 0.2) is 67.0 Å². The van der Waals surface area contributed by atoms with Crippen molar-refractivity contribution in [3.05, 3.63) is 100 Å². The molecule has 0 bridgehead atoms. The number of ether oxygens (including phenoxy) is 1. The first-order valence-electron chi connectivity index (χ1n) is 12.1. The number of anilines is 4. The molecule has 4 aromatic rings. The molecule has 12 heteroatoms. The van der Waals surface area contributed by atoms with Crippen LogP contribution in [0, 0.1) is 17.0 Å². The molecule has 9 nitrogen and oxygen atoms in total. The highest BCUT2D eigenvalue weighted by Crippen LogP contribution is 2.35. The number of methoxy groups -OCH3 is 1. The lowest BCUT2D eigenvalue weighted by Gasteiger charge is -2.41. The predicted octanol–water partition coefficient (Wildman–Crippen LogP) is 5.31. The van der Waals surface area contributed by atoms with Crippen LogP contribution in [0.5, 0.6) is 5.75 Å². The summed E-state index contributed by atoms with van der Waals surface area (Å²) in [5, 5.41) is 15.6. The fraction of sp³-hybridized carbons (Fsp3) is 0.143. The van der Waals surface area contributed by atoms with E-state index in [2.05, 4.69) is 20.6 Å². The summed E-state index contributed by atoms with van der Waals surface area (Å²) >= 11 is 6.40. The van der Waals surface area contributed by atoms with Gasteiger partial charge in [0.25, 0.3) is 5.91 Å². The molecular formula is C28H24ClF2N7O2. The van der Waals surface area contributed by atoms with Gasteiger partial charge in [0, 0.05) is 11.3 Å². The maximum atomic E-state index is 14.9. The van der Waals surface area contributed by atoms with Crippen LogP contribution in [-0.4, -0.2) is 40.9 Å². The molecule has 2 atom stereocenters. The first kappa shape index (κ1) is 26.8. The number of benzene rings is 3. The second-order valence-electron chi connectivity index (χ2n) is 9.00. The van der Waals surface area contributed by atoms with Gasteiger partial charge in [-0.15, -0.1) is 0 Å². The van der Waals surface area contributed by atoms with E-state index in [0.29, 0.717) is 22.0 Å². The van der Waals surface area contributed by atoms with Crippen molar-refractivity contribution >= 4 is 46.2 Å². The third kappa shape index (κ3) is 4.64. The van der Waals surface area contributed by atoms with E-state index in [0.717, 1.165) is 0 Å². The second kappa shape index (κ2) is 10.8. The molecule has 204 valence electrons. The second-order valence-corrected chi connectivity index (χ2v) is 9.40. The zero-order valence-electron chi connectivity index (χ0n) is 21.4. The number of halogens is 3. The Morgan fingerprint density at radius 3 is 2.60 bits per heavy atom. The summed E-state index contributed by atoms with van der Waals surface area (Å²) < 4.78 is 34.2. The van der Waals surface area contributed by atoms with Gasteiger partial charge in [-0.25, -0.2) is 14.4 Å². The van der Waals surface area contributed by atoms with Gasteiger partial charge < -0.3 is 21.1 Å². The Morgan fingerprint density at radius 1 is 1.12 bits per heavy atom. The van der Waals surface area contributed by atoms with Gasteiger partial charge in [-0.3, -0.25) is 15.1 Å². The van der Waals surface area contributed by atoms with E-state index in [9.17, 15) is 13.6 Å². The van der Waals surface area contributed by atoms with Gasteiger partial charge in [-0.2, -0.15) is 4.39 Å². The number of nitrogens with one attached hydrogen (secondary N) is 3. The summed E-state index contributed by atoms with van der Waals surface area (Å²) in [6.45, 7) is 1.80. The maximum Gasteiger partial charge on any atom is 0.263 e. The van der Waals surface area contributed by atoms with E-state index >= 15 is 0 Å². The van der Waals surface area contributed by atoms with E-state index in [-0.39, 0.29) is 34.4 Å². The van der Waals surface area contributed by atoms with E-state index < -0.39 is 29.6 Å². The van der Waals surface area contributed by atoms with E-state index in [1.54, 1.807) is 42.2 Å². The highest BCUT2D eigenvalue weighted by molar-refractivity contribution is 6.35. The fourth-order valence-electron chi connectivity index (χ4n) is 4.61. The molecule has 1 aliphatic rings. The van der Waals surface area contributed by atoms with Crippen LogP contribution < -0.4 is 26.0 Å². The van der Waals surface area contributed by atoms with Crippen molar-refractivity contribution in [1.29, 1.82) is 5.41 Å². The molecule has 5 N–H and O–H groups in total. The molecule has 2 unspecified atom stereocenters. The molecule has 0 saturated carbocycles. The van der Waals surface area contributed by atoms with Gasteiger partial charge >= 0.3 is 0 Å². The lowest BCUT2D eigenvalue weighted by molar-refractivity contribution is 0.0973. The minimum atomic E-state index is -1.27. The number of nitrogens with zero attached hydrogens (tertiary/aromatic N) is 3. The number of hydrogen-bond donors (Lipinski definition) is 4. The third-order valence-electron chi connectivity index (χ3n) is 6.56. The number of amides is 1. The number of para-hydroxylation sites is 1.